The maximum Gasteiger partial charge on any atom is 0.220 e. The molecule has 3 saturated carbocycles. The first-order chi connectivity index (χ1) is 13.0. The van der Waals surface area contributed by atoms with Gasteiger partial charge in [0.05, 0.1) is 0 Å². The number of allylic oxidation sites excluding steroid dienone is 1. The van der Waals surface area contributed by atoms with Gasteiger partial charge in [0, 0.05) is 17.3 Å². The second-order valence-corrected chi connectivity index (χ2v) is 11.2. The average Bonchev–Trinajstić information content (AvgIpc) is 3.28. The van der Waals surface area contributed by atoms with E-state index in [1.165, 1.54) is 43.4 Å². The monoisotopic (exact) mass is 383 g/mol. The van der Waals surface area contributed by atoms with Crippen molar-refractivity contribution in [3.05, 3.63) is 28.5 Å². The highest BCUT2D eigenvalue weighted by atomic mass is 32.1. The van der Waals surface area contributed by atoms with Crippen LogP contribution in [0.15, 0.2) is 23.6 Å². The van der Waals surface area contributed by atoms with E-state index in [0.29, 0.717) is 16.9 Å². The number of hydrogen-bond acceptors (Lipinski definition) is 2. The minimum atomic E-state index is 0.288. The lowest BCUT2D eigenvalue weighted by molar-refractivity contribution is -0.136. The van der Waals surface area contributed by atoms with Gasteiger partial charge in [-0.05, 0) is 97.0 Å². The van der Waals surface area contributed by atoms with Gasteiger partial charge < -0.3 is 5.32 Å². The molecule has 3 heteroatoms. The van der Waals surface area contributed by atoms with Crippen LogP contribution in [-0.2, 0) is 4.79 Å². The van der Waals surface area contributed by atoms with Crippen molar-refractivity contribution in [1.82, 2.24) is 5.32 Å². The molecule has 1 N–H and O–H groups in total. The lowest BCUT2D eigenvalue weighted by Gasteiger charge is -2.60. The first-order valence-electron chi connectivity index (χ1n) is 11.0. The molecule has 2 heterocycles. The molecule has 1 aromatic rings. The zero-order valence-corrected chi connectivity index (χ0v) is 17.6. The number of fused-ring (bicyclic) bond motifs is 5. The van der Waals surface area contributed by atoms with Crippen LogP contribution in [0, 0.1) is 34.5 Å². The van der Waals surface area contributed by atoms with Crippen molar-refractivity contribution in [3.63, 3.8) is 0 Å². The molecule has 1 unspecified atom stereocenters. The highest BCUT2D eigenvalue weighted by Crippen LogP contribution is 2.65. The lowest BCUT2D eigenvalue weighted by Crippen LogP contribution is -2.61. The van der Waals surface area contributed by atoms with E-state index in [9.17, 15) is 4.79 Å². The zero-order chi connectivity index (χ0) is 18.6. The van der Waals surface area contributed by atoms with Crippen molar-refractivity contribution in [1.29, 1.82) is 0 Å². The van der Waals surface area contributed by atoms with Crippen molar-refractivity contribution < 1.29 is 4.79 Å². The largest absolute Gasteiger partial charge is 0.353 e. The predicted octanol–water partition coefficient (Wildman–Crippen LogP) is 5.90. The Morgan fingerprint density at radius 2 is 1.93 bits per heavy atom. The van der Waals surface area contributed by atoms with Crippen LogP contribution in [-0.4, -0.2) is 11.9 Å². The number of amides is 1. The number of thiophene rings is 1. The molecule has 3 aliphatic carbocycles. The van der Waals surface area contributed by atoms with E-state index < -0.39 is 0 Å². The Morgan fingerprint density at radius 1 is 1.07 bits per heavy atom. The van der Waals surface area contributed by atoms with Gasteiger partial charge in [-0.15, -0.1) is 11.3 Å². The van der Waals surface area contributed by atoms with Gasteiger partial charge in [-0.2, -0.15) is 0 Å². The minimum absolute atomic E-state index is 0.288. The average molecular weight is 384 g/mol. The molecule has 27 heavy (non-hydrogen) atoms. The van der Waals surface area contributed by atoms with E-state index in [1.807, 2.05) is 11.3 Å². The molecule has 0 radical (unpaired) electrons. The van der Waals surface area contributed by atoms with Gasteiger partial charge >= 0.3 is 0 Å². The molecule has 7 atom stereocenters. The van der Waals surface area contributed by atoms with Gasteiger partial charge in [0.25, 0.3) is 0 Å². The van der Waals surface area contributed by atoms with Crippen LogP contribution in [0.3, 0.4) is 0 Å². The topological polar surface area (TPSA) is 29.1 Å². The van der Waals surface area contributed by atoms with E-state index in [0.717, 1.165) is 36.5 Å². The number of hydrogen-bond donors (Lipinski definition) is 1. The molecule has 5 rings (SSSR count). The maximum atomic E-state index is 11.9. The van der Waals surface area contributed by atoms with Crippen LogP contribution in [0.4, 0.5) is 0 Å². The molecule has 2 nitrogen and oxygen atoms in total. The molecule has 0 spiro atoms. The third-order valence-electron chi connectivity index (χ3n) is 9.20. The Balaban J connectivity index is 1.38. The third kappa shape index (κ3) is 2.75. The second kappa shape index (κ2) is 6.47. The summed E-state index contributed by atoms with van der Waals surface area (Å²) in [5.41, 5.74) is 0.819. The molecule has 4 fully saturated rings. The standard InChI is InChI=1S/C24H33NOS/c1-23-13-11-20-18(8-10-21-24(20,2)14-12-22(26)25-21)19(23)9-6-16(23)5-7-17-4-3-15-27-17/h3-5,7,15-16,18-21H,6,8-14H2,1-2H3,(H,25,26)/b7-5+/t16-,18-,19-,20-,21?,23+,24+/m0/s1. The summed E-state index contributed by atoms with van der Waals surface area (Å²) >= 11 is 1.84. The summed E-state index contributed by atoms with van der Waals surface area (Å²) in [5.74, 6) is 3.60. The Bertz CT molecular complexity index is 740. The highest BCUT2D eigenvalue weighted by Gasteiger charge is 2.59. The van der Waals surface area contributed by atoms with E-state index in [1.54, 1.807) is 0 Å². The van der Waals surface area contributed by atoms with Gasteiger partial charge in [-0.3, -0.25) is 4.79 Å². The predicted molar refractivity (Wildman–Crippen MR) is 112 cm³/mol. The van der Waals surface area contributed by atoms with Crippen LogP contribution < -0.4 is 5.32 Å². The van der Waals surface area contributed by atoms with Crippen LogP contribution in [0.25, 0.3) is 6.08 Å². The van der Waals surface area contributed by atoms with Gasteiger partial charge in [0.15, 0.2) is 0 Å². The summed E-state index contributed by atoms with van der Waals surface area (Å²) in [6, 6.07) is 4.81. The number of carbonyl (C=O) groups excluding carboxylic acids is 1. The fourth-order valence-electron chi connectivity index (χ4n) is 7.66. The van der Waals surface area contributed by atoms with Gasteiger partial charge in [0.1, 0.15) is 0 Å². The molecule has 1 aromatic heterocycles. The smallest absolute Gasteiger partial charge is 0.220 e. The van der Waals surface area contributed by atoms with E-state index in [2.05, 4.69) is 48.8 Å². The number of nitrogens with one attached hydrogen (secondary N) is 1. The maximum absolute atomic E-state index is 11.9. The van der Waals surface area contributed by atoms with Crippen molar-refractivity contribution in [2.24, 2.45) is 34.5 Å². The lowest BCUT2D eigenvalue weighted by atomic mass is 9.47. The molecule has 146 valence electrons. The van der Waals surface area contributed by atoms with Gasteiger partial charge in [0.2, 0.25) is 5.91 Å². The van der Waals surface area contributed by atoms with Gasteiger partial charge in [-0.25, -0.2) is 0 Å². The van der Waals surface area contributed by atoms with Crippen molar-refractivity contribution in [2.45, 2.75) is 71.3 Å². The van der Waals surface area contributed by atoms with Crippen molar-refractivity contribution >= 4 is 23.3 Å². The van der Waals surface area contributed by atoms with E-state index in [-0.39, 0.29) is 5.91 Å². The summed E-state index contributed by atoms with van der Waals surface area (Å²) in [4.78, 5) is 13.3. The molecule has 1 saturated heterocycles. The Hall–Kier alpha value is -1.09. The second-order valence-electron chi connectivity index (χ2n) is 10.2. The van der Waals surface area contributed by atoms with Crippen LogP contribution in [0.1, 0.15) is 70.1 Å². The van der Waals surface area contributed by atoms with E-state index in [4.69, 9.17) is 0 Å². The van der Waals surface area contributed by atoms with Crippen molar-refractivity contribution in [3.8, 4) is 0 Å². The molecule has 1 aliphatic heterocycles. The summed E-state index contributed by atoms with van der Waals surface area (Å²) < 4.78 is 0. The van der Waals surface area contributed by atoms with Gasteiger partial charge in [-0.1, -0.05) is 26.0 Å². The quantitative estimate of drug-likeness (QED) is 0.677. The number of rotatable bonds is 2. The summed E-state index contributed by atoms with van der Waals surface area (Å²) in [6.07, 6.45) is 14.8. The molecule has 4 aliphatic rings. The zero-order valence-electron chi connectivity index (χ0n) is 16.7. The Kier molecular flexibility index (Phi) is 4.31. The van der Waals surface area contributed by atoms with Crippen molar-refractivity contribution in [2.75, 3.05) is 0 Å². The normalized spacial score (nSPS) is 46.6. The third-order valence-corrected chi connectivity index (χ3v) is 10.0. The fourth-order valence-corrected chi connectivity index (χ4v) is 8.28. The molecular formula is C24H33NOS. The molecule has 1 amide bonds. The first-order valence-corrected chi connectivity index (χ1v) is 11.9. The fraction of sp³-hybridized carbons (Fsp3) is 0.708. The van der Waals surface area contributed by atoms with Crippen LogP contribution in [0.2, 0.25) is 0 Å². The summed E-state index contributed by atoms with van der Waals surface area (Å²) in [5, 5.41) is 5.53. The Morgan fingerprint density at radius 3 is 2.74 bits per heavy atom. The molecule has 0 bridgehead atoms. The number of carbonyl (C=O) groups is 1. The molecule has 0 aromatic carbocycles. The molecular weight excluding hydrogens is 350 g/mol. The highest BCUT2D eigenvalue weighted by molar-refractivity contribution is 7.10. The van der Waals surface area contributed by atoms with Crippen LogP contribution >= 0.6 is 11.3 Å². The minimum Gasteiger partial charge on any atom is -0.353 e. The summed E-state index contributed by atoms with van der Waals surface area (Å²) in [7, 11) is 0. The van der Waals surface area contributed by atoms with E-state index >= 15 is 0 Å². The number of piperidine rings is 1. The summed E-state index contributed by atoms with van der Waals surface area (Å²) in [6.45, 7) is 5.10. The first kappa shape index (κ1) is 18.0. The van der Waals surface area contributed by atoms with Crippen LogP contribution in [0.5, 0.6) is 0 Å². The SMILES string of the molecule is C[C@]12CC[C@H]3[C@@H](CCC4NC(=O)CC[C@@]43C)[C@@H]1CC[C@@H]2/C=C/c1cccs1. The Labute approximate surface area is 167 Å².